The van der Waals surface area contributed by atoms with E-state index in [-0.39, 0.29) is 16.4 Å². The monoisotopic (exact) mass is 390 g/mol. The van der Waals surface area contributed by atoms with Crippen LogP contribution in [-0.2, 0) is 16.6 Å². The number of thiophene rings is 1. The fourth-order valence-electron chi connectivity index (χ4n) is 1.59. The molecule has 2 aromatic rings. The van der Waals surface area contributed by atoms with Crippen molar-refractivity contribution in [1.29, 1.82) is 0 Å². The molecule has 0 fully saturated rings. The summed E-state index contributed by atoms with van der Waals surface area (Å²) in [5, 5.41) is 10.7. The highest BCUT2D eigenvalue weighted by atomic mass is 79.9. The Balaban J connectivity index is 2.15. The van der Waals surface area contributed by atoms with Gasteiger partial charge in [-0.1, -0.05) is 12.1 Å². The second-order valence-corrected chi connectivity index (χ2v) is 8.64. The van der Waals surface area contributed by atoms with E-state index in [0.29, 0.717) is 5.56 Å². The molecule has 1 heterocycles. The van der Waals surface area contributed by atoms with Crippen LogP contribution >= 0.6 is 27.3 Å². The molecule has 1 N–H and O–H groups in total. The Morgan fingerprint density at radius 2 is 2.10 bits per heavy atom. The van der Waals surface area contributed by atoms with Gasteiger partial charge in [0.1, 0.15) is 4.21 Å². The number of hydrogen-bond donors (Lipinski definition) is 1. The number of nitro groups is 1. The first-order valence-electron chi connectivity index (χ1n) is 5.78. The fraction of sp³-hybridized carbons (Fsp3) is 0.167. The van der Waals surface area contributed by atoms with Gasteiger partial charge in [0, 0.05) is 18.7 Å². The summed E-state index contributed by atoms with van der Waals surface area (Å²) in [7, 11) is -3.62. The molecule has 0 aliphatic carbocycles. The van der Waals surface area contributed by atoms with E-state index < -0.39 is 14.9 Å². The molecule has 0 radical (unpaired) electrons. The van der Waals surface area contributed by atoms with Crippen LogP contribution in [0.5, 0.6) is 0 Å². The van der Waals surface area contributed by atoms with Crippen molar-refractivity contribution in [3.05, 3.63) is 55.4 Å². The molecule has 2 rings (SSSR count). The average Bonchev–Trinajstić information content (AvgIpc) is 2.78. The van der Waals surface area contributed by atoms with Crippen molar-refractivity contribution in [3.8, 4) is 0 Å². The molecule has 21 heavy (non-hydrogen) atoms. The molecule has 0 aliphatic heterocycles. The van der Waals surface area contributed by atoms with E-state index in [1.54, 1.807) is 19.1 Å². The molecule has 1 aromatic carbocycles. The van der Waals surface area contributed by atoms with Gasteiger partial charge in [-0.3, -0.25) is 10.1 Å². The Hall–Kier alpha value is -1.29. The Labute approximate surface area is 134 Å². The summed E-state index contributed by atoms with van der Waals surface area (Å²) >= 11 is 4.40. The van der Waals surface area contributed by atoms with Crippen LogP contribution in [0.15, 0.2) is 38.3 Å². The van der Waals surface area contributed by atoms with Crippen LogP contribution < -0.4 is 4.72 Å². The van der Waals surface area contributed by atoms with Gasteiger partial charge in [-0.2, -0.15) is 0 Å². The third kappa shape index (κ3) is 3.88. The Morgan fingerprint density at radius 1 is 1.38 bits per heavy atom. The van der Waals surface area contributed by atoms with Crippen LogP contribution in [-0.4, -0.2) is 13.3 Å². The molecular formula is C12H11BrN2O4S2. The van der Waals surface area contributed by atoms with Gasteiger partial charge in [0.15, 0.2) is 0 Å². The number of nitro benzene ring substituents is 1. The van der Waals surface area contributed by atoms with Crippen molar-refractivity contribution < 1.29 is 13.3 Å². The number of halogens is 1. The number of non-ortho nitro benzene ring substituents is 1. The average molecular weight is 391 g/mol. The van der Waals surface area contributed by atoms with E-state index in [1.807, 2.05) is 0 Å². The SMILES string of the molecule is Cc1cc(S(=O)(=O)NCc2cccc([N+](=O)[O-])c2)sc1Br. The normalized spacial score (nSPS) is 11.5. The first-order valence-corrected chi connectivity index (χ1v) is 8.88. The lowest BCUT2D eigenvalue weighted by Crippen LogP contribution is -2.22. The minimum Gasteiger partial charge on any atom is -0.258 e. The maximum atomic E-state index is 12.1. The third-order valence-electron chi connectivity index (χ3n) is 2.69. The van der Waals surface area contributed by atoms with Crippen molar-refractivity contribution in [1.82, 2.24) is 4.72 Å². The zero-order valence-electron chi connectivity index (χ0n) is 10.9. The summed E-state index contributed by atoms with van der Waals surface area (Å²) in [5.41, 5.74) is 1.30. The number of sulfonamides is 1. The van der Waals surface area contributed by atoms with Crippen molar-refractivity contribution in [2.75, 3.05) is 0 Å². The topological polar surface area (TPSA) is 89.3 Å². The zero-order chi connectivity index (χ0) is 15.6. The second-order valence-electron chi connectivity index (χ2n) is 4.27. The summed E-state index contributed by atoms with van der Waals surface area (Å²) in [6.45, 7) is 1.80. The molecular weight excluding hydrogens is 380 g/mol. The molecule has 0 spiro atoms. The van der Waals surface area contributed by atoms with E-state index in [4.69, 9.17) is 0 Å². The molecule has 0 unspecified atom stereocenters. The lowest BCUT2D eigenvalue weighted by Gasteiger charge is -2.04. The first kappa shape index (κ1) is 16.1. The minimum absolute atomic E-state index is 0.00141. The highest BCUT2D eigenvalue weighted by Gasteiger charge is 2.18. The van der Waals surface area contributed by atoms with E-state index in [1.165, 1.54) is 18.2 Å². The summed E-state index contributed by atoms with van der Waals surface area (Å²) in [6, 6.07) is 7.43. The standard InChI is InChI=1S/C12H11BrN2O4S2/c1-8-5-11(20-12(8)13)21(18,19)14-7-9-3-2-4-10(6-9)15(16)17/h2-6,14H,7H2,1H3. The van der Waals surface area contributed by atoms with E-state index >= 15 is 0 Å². The van der Waals surface area contributed by atoms with Crippen molar-refractivity contribution in [3.63, 3.8) is 0 Å². The number of aryl methyl sites for hydroxylation is 1. The number of hydrogen-bond acceptors (Lipinski definition) is 5. The largest absolute Gasteiger partial charge is 0.269 e. The van der Waals surface area contributed by atoms with Gasteiger partial charge in [0.05, 0.1) is 8.71 Å². The lowest BCUT2D eigenvalue weighted by molar-refractivity contribution is -0.384. The maximum absolute atomic E-state index is 12.1. The van der Waals surface area contributed by atoms with Gasteiger partial charge in [0.2, 0.25) is 10.0 Å². The highest BCUT2D eigenvalue weighted by Crippen LogP contribution is 2.30. The molecule has 0 atom stereocenters. The number of nitrogens with zero attached hydrogens (tertiary/aromatic N) is 1. The van der Waals surface area contributed by atoms with Gasteiger partial charge in [-0.15, -0.1) is 11.3 Å². The Morgan fingerprint density at radius 3 is 2.67 bits per heavy atom. The number of nitrogens with one attached hydrogen (secondary N) is 1. The van der Waals surface area contributed by atoms with Gasteiger partial charge in [-0.25, -0.2) is 13.1 Å². The quantitative estimate of drug-likeness (QED) is 0.626. The highest BCUT2D eigenvalue weighted by molar-refractivity contribution is 9.11. The third-order valence-corrected chi connectivity index (χ3v) is 6.70. The van der Waals surface area contributed by atoms with Gasteiger partial charge in [-0.05, 0) is 40.0 Å². The molecule has 0 amide bonds. The summed E-state index contributed by atoms with van der Waals surface area (Å²) < 4.78 is 27.7. The van der Waals surface area contributed by atoms with Crippen LogP contribution in [0, 0.1) is 17.0 Å². The molecule has 0 aliphatic rings. The van der Waals surface area contributed by atoms with Gasteiger partial charge >= 0.3 is 0 Å². The predicted octanol–water partition coefficient (Wildman–Crippen LogP) is 3.21. The molecule has 0 saturated carbocycles. The van der Waals surface area contributed by atoms with E-state index in [0.717, 1.165) is 20.7 Å². The van der Waals surface area contributed by atoms with Crippen LogP contribution in [0.25, 0.3) is 0 Å². The second kappa shape index (κ2) is 6.22. The van der Waals surface area contributed by atoms with Crippen molar-refractivity contribution in [2.24, 2.45) is 0 Å². The number of rotatable bonds is 5. The van der Waals surface area contributed by atoms with Crippen LogP contribution in [0.1, 0.15) is 11.1 Å². The van der Waals surface area contributed by atoms with Gasteiger partial charge < -0.3 is 0 Å². The van der Waals surface area contributed by atoms with Gasteiger partial charge in [0.25, 0.3) is 5.69 Å². The van der Waals surface area contributed by atoms with Crippen molar-refractivity contribution in [2.45, 2.75) is 17.7 Å². The zero-order valence-corrected chi connectivity index (χ0v) is 14.1. The predicted molar refractivity (Wildman–Crippen MR) is 83.9 cm³/mol. The molecule has 6 nitrogen and oxygen atoms in total. The Kier molecular flexibility index (Phi) is 4.77. The smallest absolute Gasteiger partial charge is 0.258 e. The summed E-state index contributed by atoms with van der Waals surface area (Å²) in [4.78, 5) is 10.2. The fourth-order valence-corrected chi connectivity index (χ4v) is 4.88. The number of benzene rings is 1. The molecule has 112 valence electrons. The van der Waals surface area contributed by atoms with E-state index in [2.05, 4.69) is 20.7 Å². The maximum Gasteiger partial charge on any atom is 0.269 e. The first-order chi connectivity index (χ1) is 9.79. The summed E-state index contributed by atoms with van der Waals surface area (Å²) in [5.74, 6) is 0. The van der Waals surface area contributed by atoms with Crippen molar-refractivity contribution >= 4 is 43.0 Å². The molecule has 1 aromatic heterocycles. The molecule has 0 saturated heterocycles. The van der Waals surface area contributed by atoms with Crippen LogP contribution in [0.4, 0.5) is 5.69 Å². The minimum atomic E-state index is -3.62. The Bertz CT molecular complexity index is 767. The summed E-state index contributed by atoms with van der Waals surface area (Å²) in [6.07, 6.45) is 0. The molecule has 9 heteroatoms. The van der Waals surface area contributed by atoms with E-state index in [9.17, 15) is 18.5 Å². The lowest BCUT2D eigenvalue weighted by atomic mass is 10.2. The molecule has 0 bridgehead atoms. The van der Waals surface area contributed by atoms with Crippen LogP contribution in [0.2, 0.25) is 0 Å². The van der Waals surface area contributed by atoms with Crippen LogP contribution in [0.3, 0.4) is 0 Å².